The lowest BCUT2D eigenvalue weighted by molar-refractivity contribution is 1.95. The number of hydrogen-bond acceptors (Lipinski definition) is 0. The predicted octanol–water partition coefficient (Wildman–Crippen LogP) is 2.28. The molecule has 0 saturated heterocycles. The molecule has 2 heterocycles. The fraction of sp³-hybridized carbons (Fsp3) is 0. The van der Waals surface area contributed by atoms with Crippen molar-refractivity contribution in [1.29, 1.82) is 0 Å². The lowest BCUT2D eigenvalue weighted by Gasteiger charge is -1.83. The Morgan fingerprint density at radius 3 is 1.88 bits per heavy atom. The zero-order valence-electron chi connectivity index (χ0n) is 4.20. The maximum Gasteiger partial charge on any atom is 0.0140 e. The van der Waals surface area contributed by atoms with Crippen molar-refractivity contribution in [2.24, 2.45) is 0 Å². The first-order valence-electron chi connectivity index (χ1n) is 2.46. The van der Waals surface area contributed by atoms with Gasteiger partial charge in [0.2, 0.25) is 0 Å². The number of fused-ring (bicyclic) bond motifs is 1. The van der Waals surface area contributed by atoms with E-state index in [0.717, 1.165) is 0 Å². The zero-order chi connectivity index (χ0) is 5.40. The molecule has 2 heteroatoms. The highest BCUT2D eigenvalue weighted by Crippen LogP contribution is 2.38. The average molecular weight is 138 g/mol. The lowest BCUT2D eigenvalue weighted by atomic mass is 10.4. The molecule has 0 aromatic rings. The van der Waals surface area contributed by atoms with Gasteiger partial charge in [-0.05, 0) is 23.7 Å². The van der Waals surface area contributed by atoms with Crippen molar-refractivity contribution >= 4 is 28.0 Å². The topological polar surface area (TPSA) is 0 Å². The minimum atomic E-state index is 1.38. The highest BCUT2D eigenvalue weighted by molar-refractivity contribution is 7.53. The van der Waals surface area contributed by atoms with Gasteiger partial charge in [-0.2, -0.15) is 0 Å². The lowest BCUT2D eigenvalue weighted by Crippen LogP contribution is -1.57. The summed E-state index contributed by atoms with van der Waals surface area (Å²) < 4.78 is 0. The average Bonchev–Trinajstić information content (AvgIpc) is 2.15. The molecule has 0 spiro atoms. The van der Waals surface area contributed by atoms with E-state index in [0.29, 0.717) is 0 Å². The van der Waals surface area contributed by atoms with Crippen LogP contribution >= 0.6 is 16.4 Å². The number of allylic oxidation sites excluding steroid dienone is 4. The van der Waals surface area contributed by atoms with Crippen molar-refractivity contribution in [2.75, 3.05) is 0 Å². The van der Waals surface area contributed by atoms with Crippen LogP contribution < -0.4 is 0 Å². The smallest absolute Gasteiger partial charge is 0.0140 e. The van der Waals surface area contributed by atoms with Crippen molar-refractivity contribution < 1.29 is 0 Å². The number of rotatable bonds is 0. The van der Waals surface area contributed by atoms with Gasteiger partial charge in [0.05, 0.1) is 0 Å². The molecule has 2 rings (SSSR count). The van der Waals surface area contributed by atoms with E-state index >= 15 is 0 Å². The molecule has 0 radical (unpaired) electrons. The fourth-order valence-electron chi connectivity index (χ4n) is 0.765. The molecule has 8 heavy (non-hydrogen) atoms. The van der Waals surface area contributed by atoms with E-state index in [-0.39, 0.29) is 0 Å². The summed E-state index contributed by atoms with van der Waals surface area (Å²) in [5.74, 6) is 4.39. The molecule has 0 saturated carbocycles. The van der Waals surface area contributed by atoms with Gasteiger partial charge >= 0.3 is 0 Å². The third-order valence-electron chi connectivity index (χ3n) is 1.15. The molecule has 38 valence electrons. The van der Waals surface area contributed by atoms with Crippen molar-refractivity contribution in [3.8, 4) is 0 Å². The SMILES string of the molecule is C1=PC2=CC=PC2=C1. The Kier molecular flexibility index (Phi) is 0.966. The summed E-state index contributed by atoms with van der Waals surface area (Å²) in [7, 11) is 2.77. The molecule has 0 unspecified atom stereocenters. The Hall–Kier alpha value is -0.180. The maximum absolute atomic E-state index is 2.21. The number of hydrogen-bond donors (Lipinski definition) is 0. The van der Waals surface area contributed by atoms with Crippen LogP contribution in [0.15, 0.2) is 22.8 Å². The fourth-order valence-corrected chi connectivity index (χ4v) is 2.85. The standard InChI is InChI=1S/C6H4P2/c1-3-7-6-2-4-8-5(1)6/h1-4H. The van der Waals surface area contributed by atoms with E-state index in [1.165, 1.54) is 27.0 Å². The molecule has 0 aliphatic carbocycles. The first-order chi connectivity index (χ1) is 3.97. The van der Waals surface area contributed by atoms with Crippen molar-refractivity contribution in [2.45, 2.75) is 0 Å². The summed E-state index contributed by atoms with van der Waals surface area (Å²) in [4.78, 5) is 0. The van der Waals surface area contributed by atoms with Crippen molar-refractivity contribution in [1.82, 2.24) is 0 Å². The summed E-state index contributed by atoms with van der Waals surface area (Å²) in [6, 6.07) is 0. The summed E-state index contributed by atoms with van der Waals surface area (Å²) in [6.07, 6.45) is 4.41. The van der Waals surface area contributed by atoms with Gasteiger partial charge in [0.25, 0.3) is 0 Å². The molecule has 0 aromatic carbocycles. The second-order valence-corrected chi connectivity index (χ2v) is 3.74. The maximum atomic E-state index is 2.21. The van der Waals surface area contributed by atoms with E-state index in [1.54, 1.807) is 0 Å². The first-order valence-corrected chi connectivity index (χ1v) is 4.38. The van der Waals surface area contributed by atoms with Gasteiger partial charge in [0, 0.05) is 10.6 Å². The molecular weight excluding hydrogens is 134 g/mol. The molecule has 0 aromatic heterocycles. The van der Waals surface area contributed by atoms with Crippen LogP contribution in [0.4, 0.5) is 0 Å². The van der Waals surface area contributed by atoms with Crippen LogP contribution in [0.1, 0.15) is 0 Å². The molecular formula is C6H4P2. The molecule has 2 aliphatic heterocycles. The van der Waals surface area contributed by atoms with Crippen LogP contribution in [-0.4, -0.2) is 11.6 Å². The summed E-state index contributed by atoms with van der Waals surface area (Å²) in [5.41, 5.74) is 0. The molecule has 2 aliphatic rings. The van der Waals surface area contributed by atoms with E-state index < -0.39 is 0 Å². The predicted molar refractivity (Wildman–Crippen MR) is 42.1 cm³/mol. The van der Waals surface area contributed by atoms with Gasteiger partial charge in [-0.3, -0.25) is 0 Å². The molecule has 0 atom stereocenters. The second-order valence-electron chi connectivity index (χ2n) is 1.66. The van der Waals surface area contributed by atoms with Gasteiger partial charge in [-0.25, -0.2) is 0 Å². The van der Waals surface area contributed by atoms with E-state index in [9.17, 15) is 0 Å². The Labute approximate surface area is 51.5 Å². The first kappa shape index (κ1) is 4.68. The van der Waals surface area contributed by atoms with Gasteiger partial charge in [0.15, 0.2) is 0 Å². The van der Waals surface area contributed by atoms with Gasteiger partial charge in [-0.15, -0.1) is 0 Å². The molecule has 0 bridgehead atoms. The minimum Gasteiger partial charge on any atom is -0.0674 e. The normalized spacial score (nSPS) is 25.0. The Bertz CT molecular complexity index is 205. The third kappa shape index (κ3) is 0.540. The highest BCUT2D eigenvalue weighted by atomic mass is 31.1. The summed E-state index contributed by atoms with van der Waals surface area (Å²) >= 11 is 0. The van der Waals surface area contributed by atoms with E-state index in [4.69, 9.17) is 0 Å². The summed E-state index contributed by atoms with van der Waals surface area (Å²) in [6.45, 7) is 0. The van der Waals surface area contributed by atoms with E-state index in [1.807, 2.05) is 0 Å². The Balaban J connectivity index is 2.59. The largest absolute Gasteiger partial charge is 0.0674 e. The van der Waals surface area contributed by atoms with Gasteiger partial charge in [0.1, 0.15) is 0 Å². The summed E-state index contributed by atoms with van der Waals surface area (Å²) in [5, 5.41) is 2.98. The zero-order valence-corrected chi connectivity index (χ0v) is 5.99. The van der Waals surface area contributed by atoms with Crippen LogP contribution in [0.3, 0.4) is 0 Å². The minimum absolute atomic E-state index is 1.38. The third-order valence-corrected chi connectivity index (χ3v) is 3.26. The van der Waals surface area contributed by atoms with E-state index in [2.05, 4.69) is 23.7 Å². The van der Waals surface area contributed by atoms with Crippen LogP contribution in [0, 0.1) is 0 Å². The van der Waals surface area contributed by atoms with Crippen LogP contribution in [0.5, 0.6) is 0 Å². The highest BCUT2D eigenvalue weighted by Gasteiger charge is 2.06. The van der Waals surface area contributed by atoms with Gasteiger partial charge < -0.3 is 0 Å². The van der Waals surface area contributed by atoms with Crippen molar-refractivity contribution in [3.05, 3.63) is 22.8 Å². The van der Waals surface area contributed by atoms with Crippen LogP contribution in [-0.2, 0) is 0 Å². The molecule has 0 N–H and O–H groups in total. The van der Waals surface area contributed by atoms with Gasteiger partial charge in [-0.1, -0.05) is 16.4 Å². The monoisotopic (exact) mass is 138 g/mol. The van der Waals surface area contributed by atoms with Crippen LogP contribution in [0.25, 0.3) is 0 Å². The molecule has 0 fully saturated rings. The van der Waals surface area contributed by atoms with Crippen molar-refractivity contribution in [3.63, 3.8) is 0 Å². The Morgan fingerprint density at radius 1 is 0.875 bits per heavy atom. The quantitative estimate of drug-likeness (QED) is 0.450. The second kappa shape index (κ2) is 1.65. The van der Waals surface area contributed by atoms with Crippen LogP contribution in [0.2, 0.25) is 0 Å². The Morgan fingerprint density at radius 2 is 1.38 bits per heavy atom. The molecule has 0 amide bonds. The molecule has 0 nitrogen and oxygen atoms in total.